The zero-order chi connectivity index (χ0) is 16.1. The number of aryl methyl sites for hydroxylation is 2. The molecule has 1 aromatic rings. The van der Waals surface area contributed by atoms with Gasteiger partial charge in [0, 0.05) is 24.4 Å². The average molecular weight is 323 g/mol. The van der Waals surface area contributed by atoms with Gasteiger partial charge in [0.1, 0.15) is 0 Å². The molecule has 2 rings (SSSR count). The largest absolute Gasteiger partial charge is 0.481 e. The van der Waals surface area contributed by atoms with E-state index in [9.17, 15) is 9.59 Å². The molecule has 1 aliphatic heterocycles. The minimum atomic E-state index is -0.749. The number of rotatable bonds is 6. The molecule has 0 spiro atoms. The van der Waals surface area contributed by atoms with E-state index in [1.54, 1.807) is 11.3 Å². The number of hydrogen-bond acceptors (Lipinski definition) is 3. The van der Waals surface area contributed by atoms with Crippen LogP contribution in [0.5, 0.6) is 0 Å². The van der Waals surface area contributed by atoms with Crippen LogP contribution in [-0.2, 0) is 11.2 Å². The normalized spacial score (nSPS) is 18.5. The maximum atomic E-state index is 12.7. The molecule has 2 heterocycles. The van der Waals surface area contributed by atoms with E-state index in [0.717, 1.165) is 37.1 Å². The number of amides is 1. The van der Waals surface area contributed by atoms with E-state index in [-0.39, 0.29) is 12.3 Å². The van der Waals surface area contributed by atoms with Crippen LogP contribution in [0, 0.1) is 12.8 Å². The lowest BCUT2D eigenvalue weighted by molar-refractivity contribution is -0.137. The molecule has 4 nitrogen and oxygen atoms in total. The van der Waals surface area contributed by atoms with Crippen LogP contribution in [-0.4, -0.2) is 35.0 Å². The lowest BCUT2D eigenvalue weighted by Gasteiger charge is -2.32. The molecule has 1 aliphatic rings. The SMILES string of the molecule is CCCc1cc(C(=O)N2CCCC(CCC(=O)O)C2)sc1C. The second-order valence-corrected chi connectivity index (χ2v) is 7.39. The van der Waals surface area contributed by atoms with Crippen LogP contribution >= 0.6 is 11.3 Å². The first-order chi connectivity index (χ1) is 10.5. The zero-order valence-corrected chi connectivity index (χ0v) is 14.2. The van der Waals surface area contributed by atoms with Crippen molar-refractivity contribution in [1.82, 2.24) is 4.90 Å². The fourth-order valence-electron chi connectivity index (χ4n) is 3.11. The van der Waals surface area contributed by atoms with Gasteiger partial charge in [-0.05, 0) is 50.2 Å². The molecule has 0 aromatic carbocycles. The molecule has 0 saturated carbocycles. The topological polar surface area (TPSA) is 57.6 Å². The molecule has 0 aliphatic carbocycles. The highest BCUT2D eigenvalue weighted by molar-refractivity contribution is 7.14. The standard InChI is InChI=1S/C17H25NO3S/c1-3-5-14-10-15(22-12(14)2)17(21)18-9-4-6-13(11-18)7-8-16(19)20/h10,13H,3-9,11H2,1-2H3,(H,19,20). The monoisotopic (exact) mass is 323 g/mol. The van der Waals surface area contributed by atoms with Gasteiger partial charge in [-0.15, -0.1) is 11.3 Å². The minimum absolute atomic E-state index is 0.121. The molecular weight excluding hydrogens is 298 g/mol. The van der Waals surface area contributed by atoms with E-state index < -0.39 is 5.97 Å². The third-order valence-electron chi connectivity index (χ3n) is 4.32. The number of aliphatic carboxylic acids is 1. The number of carboxylic acids is 1. The maximum Gasteiger partial charge on any atom is 0.303 e. The van der Waals surface area contributed by atoms with Crippen molar-refractivity contribution >= 4 is 23.2 Å². The fourth-order valence-corrected chi connectivity index (χ4v) is 4.15. The first-order valence-corrected chi connectivity index (χ1v) is 8.93. The number of thiophene rings is 1. The number of nitrogens with zero attached hydrogens (tertiary/aromatic N) is 1. The van der Waals surface area contributed by atoms with Crippen LogP contribution < -0.4 is 0 Å². The first-order valence-electron chi connectivity index (χ1n) is 8.11. The van der Waals surface area contributed by atoms with Crippen molar-refractivity contribution in [3.63, 3.8) is 0 Å². The van der Waals surface area contributed by atoms with Gasteiger partial charge in [-0.25, -0.2) is 0 Å². The number of carbonyl (C=O) groups is 2. The van der Waals surface area contributed by atoms with E-state index in [1.807, 2.05) is 11.0 Å². The fraction of sp³-hybridized carbons (Fsp3) is 0.647. The summed E-state index contributed by atoms with van der Waals surface area (Å²) in [5.41, 5.74) is 1.29. The van der Waals surface area contributed by atoms with Crippen LogP contribution in [0.3, 0.4) is 0 Å². The van der Waals surface area contributed by atoms with Crippen molar-refractivity contribution in [2.45, 2.75) is 52.4 Å². The second kappa shape index (κ2) is 7.77. The third kappa shape index (κ3) is 4.32. The van der Waals surface area contributed by atoms with Crippen molar-refractivity contribution < 1.29 is 14.7 Å². The number of hydrogen-bond donors (Lipinski definition) is 1. The molecule has 1 saturated heterocycles. The highest BCUT2D eigenvalue weighted by Gasteiger charge is 2.26. The average Bonchev–Trinajstić information content (AvgIpc) is 2.86. The van der Waals surface area contributed by atoms with Crippen molar-refractivity contribution in [3.8, 4) is 0 Å². The maximum absolute atomic E-state index is 12.7. The van der Waals surface area contributed by atoms with E-state index in [4.69, 9.17) is 5.11 Å². The van der Waals surface area contributed by atoms with E-state index >= 15 is 0 Å². The molecule has 0 radical (unpaired) electrons. The number of likely N-dealkylation sites (tertiary alicyclic amines) is 1. The van der Waals surface area contributed by atoms with E-state index in [0.29, 0.717) is 18.9 Å². The smallest absolute Gasteiger partial charge is 0.303 e. The van der Waals surface area contributed by atoms with E-state index in [2.05, 4.69) is 13.8 Å². The molecule has 1 amide bonds. The Morgan fingerprint density at radius 2 is 2.23 bits per heavy atom. The summed E-state index contributed by atoms with van der Waals surface area (Å²) >= 11 is 1.59. The quantitative estimate of drug-likeness (QED) is 0.868. The Labute approximate surface area is 136 Å². The Kier molecular flexibility index (Phi) is 6.00. The van der Waals surface area contributed by atoms with E-state index in [1.165, 1.54) is 10.4 Å². The molecule has 22 heavy (non-hydrogen) atoms. The van der Waals surface area contributed by atoms with Crippen molar-refractivity contribution in [2.24, 2.45) is 5.92 Å². The van der Waals surface area contributed by atoms with Gasteiger partial charge in [0.05, 0.1) is 4.88 Å². The van der Waals surface area contributed by atoms with Crippen molar-refractivity contribution in [2.75, 3.05) is 13.1 Å². The van der Waals surface area contributed by atoms with Gasteiger partial charge in [-0.3, -0.25) is 9.59 Å². The van der Waals surface area contributed by atoms with Gasteiger partial charge in [0.25, 0.3) is 5.91 Å². The Bertz CT molecular complexity index is 538. The molecule has 5 heteroatoms. The summed E-state index contributed by atoms with van der Waals surface area (Å²) in [5, 5.41) is 8.80. The summed E-state index contributed by atoms with van der Waals surface area (Å²) in [6.07, 6.45) is 4.99. The minimum Gasteiger partial charge on any atom is -0.481 e. The lowest BCUT2D eigenvalue weighted by Crippen LogP contribution is -2.39. The summed E-state index contributed by atoms with van der Waals surface area (Å²) in [7, 11) is 0. The number of carboxylic acid groups (broad SMARTS) is 1. The molecule has 1 aromatic heterocycles. The van der Waals surface area contributed by atoms with Gasteiger partial charge >= 0.3 is 5.97 Å². The van der Waals surface area contributed by atoms with Crippen LogP contribution in [0.15, 0.2) is 6.07 Å². The Balaban J connectivity index is 1.99. The summed E-state index contributed by atoms with van der Waals surface area (Å²) < 4.78 is 0. The van der Waals surface area contributed by atoms with Gasteiger partial charge in [0.2, 0.25) is 0 Å². The third-order valence-corrected chi connectivity index (χ3v) is 5.40. The summed E-state index contributed by atoms with van der Waals surface area (Å²) in [6, 6.07) is 2.05. The summed E-state index contributed by atoms with van der Waals surface area (Å²) in [4.78, 5) is 27.4. The second-order valence-electron chi connectivity index (χ2n) is 6.13. The molecule has 1 atom stereocenters. The Morgan fingerprint density at radius 3 is 2.91 bits per heavy atom. The lowest BCUT2D eigenvalue weighted by atomic mass is 9.93. The van der Waals surface area contributed by atoms with Crippen molar-refractivity contribution in [3.05, 3.63) is 21.4 Å². The predicted molar refractivity (Wildman–Crippen MR) is 88.5 cm³/mol. The van der Waals surface area contributed by atoms with Crippen molar-refractivity contribution in [1.29, 1.82) is 0 Å². The Morgan fingerprint density at radius 1 is 1.45 bits per heavy atom. The van der Waals surface area contributed by atoms with Gasteiger partial charge in [-0.2, -0.15) is 0 Å². The molecular formula is C17H25NO3S. The van der Waals surface area contributed by atoms with Crippen LogP contribution in [0.2, 0.25) is 0 Å². The molecule has 1 unspecified atom stereocenters. The van der Waals surface area contributed by atoms with Crippen LogP contribution in [0.4, 0.5) is 0 Å². The Hall–Kier alpha value is -1.36. The zero-order valence-electron chi connectivity index (χ0n) is 13.4. The highest BCUT2D eigenvalue weighted by atomic mass is 32.1. The van der Waals surface area contributed by atoms with Crippen LogP contribution in [0.1, 0.15) is 59.1 Å². The predicted octanol–water partition coefficient (Wildman–Crippen LogP) is 3.73. The molecule has 122 valence electrons. The molecule has 0 bridgehead atoms. The highest BCUT2D eigenvalue weighted by Crippen LogP contribution is 2.27. The van der Waals surface area contributed by atoms with Gasteiger partial charge in [0.15, 0.2) is 0 Å². The van der Waals surface area contributed by atoms with Gasteiger partial charge < -0.3 is 10.0 Å². The molecule has 1 N–H and O–H groups in total. The summed E-state index contributed by atoms with van der Waals surface area (Å²) in [5.74, 6) is -0.304. The number of carbonyl (C=O) groups excluding carboxylic acids is 1. The van der Waals surface area contributed by atoms with Crippen LogP contribution in [0.25, 0.3) is 0 Å². The first kappa shape index (κ1) is 17.0. The summed E-state index contributed by atoms with van der Waals surface area (Å²) in [6.45, 7) is 5.73. The number of piperidine rings is 1. The molecule has 1 fully saturated rings. The van der Waals surface area contributed by atoms with Gasteiger partial charge in [-0.1, -0.05) is 13.3 Å².